The van der Waals surface area contributed by atoms with Crippen LogP contribution in [0.4, 0.5) is 8.78 Å². The highest BCUT2D eigenvalue weighted by atomic mass is 19.3. The molecule has 0 aliphatic carbocycles. The van der Waals surface area contributed by atoms with Crippen LogP contribution in [0, 0.1) is 0 Å². The Hall–Kier alpha value is -1.10. The van der Waals surface area contributed by atoms with Crippen LogP contribution in [0.15, 0.2) is 18.7 Å². The van der Waals surface area contributed by atoms with Gasteiger partial charge in [-0.2, -0.15) is 8.78 Å². The van der Waals surface area contributed by atoms with E-state index < -0.39 is 12.5 Å². The first-order valence-corrected chi connectivity index (χ1v) is 2.91. The summed E-state index contributed by atoms with van der Waals surface area (Å²) < 4.78 is 25.1. The Morgan fingerprint density at radius 3 is 2.36 bits per heavy atom. The number of hydrogen-bond acceptors (Lipinski definition) is 3. The molecule has 0 spiro atoms. The van der Waals surface area contributed by atoms with Gasteiger partial charge in [0.1, 0.15) is 12.9 Å². The molecule has 0 amide bonds. The predicted molar refractivity (Wildman–Crippen MR) is 33.0 cm³/mol. The zero-order valence-corrected chi connectivity index (χ0v) is 5.54. The van der Waals surface area contributed by atoms with Gasteiger partial charge in [0.05, 0.1) is 5.56 Å². The van der Waals surface area contributed by atoms with Crippen molar-refractivity contribution < 1.29 is 13.9 Å². The van der Waals surface area contributed by atoms with Crippen LogP contribution in [0.5, 0.6) is 0 Å². The van der Waals surface area contributed by atoms with Gasteiger partial charge in [-0.3, -0.25) is 0 Å². The molecule has 1 rings (SSSR count). The van der Waals surface area contributed by atoms with Gasteiger partial charge in [-0.15, -0.1) is 0 Å². The molecular formula is C6H6F2N2O. The van der Waals surface area contributed by atoms with E-state index in [2.05, 4.69) is 9.97 Å². The Morgan fingerprint density at radius 1 is 1.36 bits per heavy atom. The number of halogens is 2. The fraction of sp³-hybridized carbons (Fsp3) is 0.333. The minimum Gasteiger partial charge on any atom is -0.390 e. The Kier molecular flexibility index (Phi) is 2.09. The first kappa shape index (κ1) is 8.00. The molecule has 1 aromatic heterocycles. The van der Waals surface area contributed by atoms with Crippen molar-refractivity contribution in [1.82, 2.24) is 9.97 Å². The first-order valence-electron chi connectivity index (χ1n) is 2.91. The second kappa shape index (κ2) is 2.87. The van der Waals surface area contributed by atoms with Gasteiger partial charge >= 0.3 is 0 Å². The molecule has 0 aliphatic heterocycles. The molecule has 0 unspecified atom stereocenters. The summed E-state index contributed by atoms with van der Waals surface area (Å²) in [6, 6.07) is 0. The van der Waals surface area contributed by atoms with Crippen molar-refractivity contribution in [2.75, 3.05) is 6.61 Å². The summed E-state index contributed by atoms with van der Waals surface area (Å²) in [4.78, 5) is 6.79. The van der Waals surface area contributed by atoms with Crippen LogP contribution in [-0.4, -0.2) is 21.7 Å². The number of alkyl halides is 2. The van der Waals surface area contributed by atoms with Crippen LogP contribution in [0.25, 0.3) is 0 Å². The van der Waals surface area contributed by atoms with Gasteiger partial charge in [-0.05, 0) is 0 Å². The Balaban J connectivity index is 2.93. The summed E-state index contributed by atoms with van der Waals surface area (Å²) in [7, 11) is 0. The minimum atomic E-state index is -3.23. The zero-order valence-electron chi connectivity index (χ0n) is 5.54. The molecule has 0 radical (unpaired) electrons. The molecule has 60 valence electrons. The van der Waals surface area contributed by atoms with E-state index in [9.17, 15) is 8.78 Å². The first-order chi connectivity index (χ1) is 5.17. The largest absolute Gasteiger partial charge is 0.390 e. The second-order valence-electron chi connectivity index (χ2n) is 1.99. The number of aliphatic hydroxyl groups is 1. The monoisotopic (exact) mass is 160 g/mol. The van der Waals surface area contributed by atoms with Crippen molar-refractivity contribution in [3.8, 4) is 0 Å². The standard InChI is InChI=1S/C6H6F2N2O/c7-6(8,3-11)5-1-9-4-10-2-5/h1-2,4,11H,3H2. The van der Waals surface area contributed by atoms with Gasteiger partial charge in [0.25, 0.3) is 5.92 Å². The normalized spacial score (nSPS) is 11.5. The topological polar surface area (TPSA) is 46.0 Å². The van der Waals surface area contributed by atoms with Gasteiger partial charge in [0, 0.05) is 12.4 Å². The summed E-state index contributed by atoms with van der Waals surface area (Å²) in [6.45, 7) is -1.22. The van der Waals surface area contributed by atoms with Gasteiger partial charge in [-0.25, -0.2) is 9.97 Å². The number of aromatic nitrogens is 2. The molecule has 5 heteroatoms. The Morgan fingerprint density at radius 2 is 1.91 bits per heavy atom. The number of rotatable bonds is 2. The molecule has 0 saturated heterocycles. The molecule has 3 nitrogen and oxygen atoms in total. The van der Waals surface area contributed by atoms with Crippen molar-refractivity contribution >= 4 is 0 Å². The van der Waals surface area contributed by atoms with E-state index in [0.717, 1.165) is 18.7 Å². The number of nitrogens with zero attached hydrogens (tertiary/aromatic N) is 2. The quantitative estimate of drug-likeness (QED) is 0.687. The third kappa shape index (κ3) is 1.68. The van der Waals surface area contributed by atoms with Crippen LogP contribution >= 0.6 is 0 Å². The van der Waals surface area contributed by atoms with Crippen molar-refractivity contribution in [3.63, 3.8) is 0 Å². The van der Waals surface area contributed by atoms with Crippen LogP contribution < -0.4 is 0 Å². The van der Waals surface area contributed by atoms with E-state index in [4.69, 9.17) is 5.11 Å². The molecule has 0 aromatic carbocycles. The lowest BCUT2D eigenvalue weighted by molar-refractivity contribution is -0.0561. The van der Waals surface area contributed by atoms with Crippen molar-refractivity contribution in [1.29, 1.82) is 0 Å². The number of aliphatic hydroxyl groups excluding tert-OH is 1. The zero-order chi connectivity index (χ0) is 8.32. The number of hydrogen-bond donors (Lipinski definition) is 1. The highest BCUT2D eigenvalue weighted by Gasteiger charge is 2.30. The third-order valence-corrected chi connectivity index (χ3v) is 1.18. The summed E-state index contributed by atoms with van der Waals surface area (Å²) >= 11 is 0. The molecular weight excluding hydrogens is 154 g/mol. The van der Waals surface area contributed by atoms with E-state index in [0.29, 0.717) is 0 Å². The van der Waals surface area contributed by atoms with Gasteiger partial charge in [-0.1, -0.05) is 0 Å². The van der Waals surface area contributed by atoms with E-state index in [1.165, 1.54) is 0 Å². The maximum atomic E-state index is 12.6. The fourth-order valence-electron chi connectivity index (χ4n) is 0.579. The smallest absolute Gasteiger partial charge is 0.298 e. The second-order valence-corrected chi connectivity index (χ2v) is 1.99. The molecule has 1 N–H and O–H groups in total. The van der Waals surface area contributed by atoms with E-state index in [1.807, 2.05) is 0 Å². The van der Waals surface area contributed by atoms with Crippen molar-refractivity contribution in [3.05, 3.63) is 24.3 Å². The van der Waals surface area contributed by atoms with Crippen LogP contribution in [0.1, 0.15) is 5.56 Å². The van der Waals surface area contributed by atoms with Gasteiger partial charge in [0.15, 0.2) is 0 Å². The fourth-order valence-corrected chi connectivity index (χ4v) is 0.579. The minimum absolute atomic E-state index is 0.373. The van der Waals surface area contributed by atoms with Crippen molar-refractivity contribution in [2.45, 2.75) is 5.92 Å². The summed E-state index contributed by atoms with van der Waals surface area (Å²) in [5.41, 5.74) is -0.373. The van der Waals surface area contributed by atoms with E-state index >= 15 is 0 Å². The van der Waals surface area contributed by atoms with Crippen LogP contribution in [-0.2, 0) is 5.92 Å². The van der Waals surface area contributed by atoms with Crippen LogP contribution in [0.3, 0.4) is 0 Å². The maximum absolute atomic E-state index is 12.6. The van der Waals surface area contributed by atoms with Gasteiger partial charge < -0.3 is 5.11 Å². The highest BCUT2D eigenvalue weighted by Crippen LogP contribution is 2.24. The Bertz CT molecular complexity index is 227. The lowest BCUT2D eigenvalue weighted by atomic mass is 10.2. The molecule has 0 bridgehead atoms. The molecule has 1 heterocycles. The van der Waals surface area contributed by atoms with Gasteiger partial charge in [0.2, 0.25) is 0 Å². The van der Waals surface area contributed by atoms with Crippen LogP contribution in [0.2, 0.25) is 0 Å². The Labute approximate surface area is 61.7 Å². The molecule has 1 aromatic rings. The van der Waals surface area contributed by atoms with Crippen molar-refractivity contribution in [2.24, 2.45) is 0 Å². The van der Waals surface area contributed by atoms with E-state index in [-0.39, 0.29) is 5.56 Å². The lowest BCUT2D eigenvalue weighted by Crippen LogP contribution is -2.18. The average molecular weight is 160 g/mol. The summed E-state index contributed by atoms with van der Waals surface area (Å²) in [5, 5.41) is 8.24. The lowest BCUT2D eigenvalue weighted by Gasteiger charge is -2.11. The molecule has 0 saturated carbocycles. The maximum Gasteiger partial charge on any atom is 0.298 e. The third-order valence-electron chi connectivity index (χ3n) is 1.18. The average Bonchev–Trinajstić information content (AvgIpc) is 2.06. The van der Waals surface area contributed by atoms with E-state index in [1.54, 1.807) is 0 Å². The molecule has 0 atom stereocenters. The summed E-state index contributed by atoms with van der Waals surface area (Å²) in [6.07, 6.45) is 3.10. The molecule has 0 fully saturated rings. The highest BCUT2D eigenvalue weighted by molar-refractivity contribution is 5.10. The summed E-state index contributed by atoms with van der Waals surface area (Å²) in [5.74, 6) is -3.23. The predicted octanol–water partition coefficient (Wildman–Crippen LogP) is 0.561. The molecule has 11 heavy (non-hydrogen) atoms. The SMILES string of the molecule is OCC(F)(F)c1cncnc1. The molecule has 0 aliphatic rings.